The van der Waals surface area contributed by atoms with Crippen molar-refractivity contribution < 1.29 is 14.5 Å². The van der Waals surface area contributed by atoms with Crippen LogP contribution in [0.3, 0.4) is 0 Å². The van der Waals surface area contributed by atoms with Crippen LogP contribution in [0.25, 0.3) is 0 Å². The van der Waals surface area contributed by atoms with E-state index in [2.05, 4.69) is 5.32 Å². The van der Waals surface area contributed by atoms with Gasteiger partial charge in [-0.2, -0.15) is 0 Å². The van der Waals surface area contributed by atoms with Crippen molar-refractivity contribution >= 4 is 35.0 Å². The molecule has 1 N–H and O–H groups in total. The molecule has 2 rings (SSSR count). The SMILES string of the molecule is O=C(CN1C=CSCC1=O)Nc1ccc([N+](=O)[O-])cc1. The van der Waals surface area contributed by atoms with E-state index in [1.54, 1.807) is 11.6 Å². The van der Waals surface area contributed by atoms with Crippen molar-refractivity contribution in [3.63, 3.8) is 0 Å². The van der Waals surface area contributed by atoms with Gasteiger partial charge < -0.3 is 10.2 Å². The monoisotopic (exact) mass is 293 g/mol. The van der Waals surface area contributed by atoms with Gasteiger partial charge in [-0.05, 0) is 17.5 Å². The standard InChI is InChI=1S/C12H11N3O4S/c16-11(7-14-5-6-20-8-12(14)17)13-9-1-3-10(4-2-9)15(18)19/h1-6H,7-8H2,(H,13,16). The van der Waals surface area contributed by atoms with Crippen molar-refractivity contribution in [3.8, 4) is 0 Å². The number of amides is 2. The van der Waals surface area contributed by atoms with Crippen molar-refractivity contribution in [2.45, 2.75) is 0 Å². The highest BCUT2D eigenvalue weighted by Crippen LogP contribution is 2.16. The van der Waals surface area contributed by atoms with E-state index < -0.39 is 4.92 Å². The molecular weight excluding hydrogens is 282 g/mol. The summed E-state index contributed by atoms with van der Waals surface area (Å²) >= 11 is 1.37. The van der Waals surface area contributed by atoms with Gasteiger partial charge in [0.2, 0.25) is 11.8 Å². The average Bonchev–Trinajstić information content (AvgIpc) is 2.42. The number of thioether (sulfide) groups is 1. The van der Waals surface area contributed by atoms with E-state index in [4.69, 9.17) is 0 Å². The molecule has 1 aliphatic rings. The van der Waals surface area contributed by atoms with Crippen LogP contribution >= 0.6 is 11.8 Å². The Hall–Kier alpha value is -2.35. The number of benzene rings is 1. The summed E-state index contributed by atoms with van der Waals surface area (Å²) < 4.78 is 0. The highest BCUT2D eigenvalue weighted by molar-refractivity contribution is 8.02. The summed E-state index contributed by atoms with van der Waals surface area (Å²) in [5.41, 5.74) is 0.401. The van der Waals surface area contributed by atoms with Gasteiger partial charge in [0.25, 0.3) is 5.69 Å². The fourth-order valence-electron chi connectivity index (χ4n) is 1.56. The number of carbonyl (C=O) groups is 2. The Morgan fingerprint density at radius 2 is 2.10 bits per heavy atom. The van der Waals surface area contributed by atoms with E-state index in [-0.39, 0.29) is 24.0 Å². The molecule has 1 aromatic carbocycles. The molecule has 0 fully saturated rings. The van der Waals surface area contributed by atoms with Crippen LogP contribution in [0.5, 0.6) is 0 Å². The number of carbonyl (C=O) groups excluding carboxylic acids is 2. The van der Waals surface area contributed by atoms with E-state index in [0.717, 1.165) is 0 Å². The third-order valence-electron chi connectivity index (χ3n) is 2.54. The maximum absolute atomic E-state index is 11.8. The van der Waals surface area contributed by atoms with Crippen LogP contribution in [-0.4, -0.2) is 33.9 Å². The van der Waals surface area contributed by atoms with Crippen molar-refractivity contribution in [1.29, 1.82) is 0 Å². The lowest BCUT2D eigenvalue weighted by Crippen LogP contribution is -2.36. The molecule has 0 aliphatic carbocycles. The fraction of sp³-hybridized carbons (Fsp3) is 0.167. The number of rotatable bonds is 4. The summed E-state index contributed by atoms with van der Waals surface area (Å²) in [6.07, 6.45) is 1.56. The van der Waals surface area contributed by atoms with Gasteiger partial charge in [-0.25, -0.2) is 0 Å². The minimum absolute atomic E-state index is 0.0471. The Balaban J connectivity index is 1.94. The molecule has 0 radical (unpaired) electrons. The summed E-state index contributed by atoms with van der Waals surface area (Å²) in [5, 5.41) is 14.8. The number of nitro groups is 1. The molecule has 0 saturated carbocycles. The summed E-state index contributed by atoms with van der Waals surface area (Å²) in [4.78, 5) is 34.6. The normalized spacial score (nSPS) is 14.2. The summed E-state index contributed by atoms with van der Waals surface area (Å²) in [7, 11) is 0. The summed E-state index contributed by atoms with van der Waals surface area (Å²) in [6.45, 7) is -0.0765. The number of nitrogens with zero attached hydrogens (tertiary/aromatic N) is 2. The maximum Gasteiger partial charge on any atom is 0.269 e. The van der Waals surface area contributed by atoms with Gasteiger partial charge in [-0.15, -0.1) is 11.8 Å². The van der Waals surface area contributed by atoms with Crippen molar-refractivity contribution in [1.82, 2.24) is 4.90 Å². The highest BCUT2D eigenvalue weighted by Gasteiger charge is 2.17. The Morgan fingerprint density at radius 1 is 1.40 bits per heavy atom. The van der Waals surface area contributed by atoms with Crippen molar-refractivity contribution in [3.05, 3.63) is 46.0 Å². The lowest BCUT2D eigenvalue weighted by Gasteiger charge is -2.20. The predicted octanol–water partition coefficient (Wildman–Crippen LogP) is 1.58. The van der Waals surface area contributed by atoms with Crippen molar-refractivity contribution in [2.75, 3.05) is 17.6 Å². The smallest absolute Gasteiger partial charge is 0.269 e. The third kappa shape index (κ3) is 3.58. The molecular formula is C12H11N3O4S. The molecule has 0 spiro atoms. The van der Waals surface area contributed by atoms with Gasteiger partial charge in [0.1, 0.15) is 6.54 Å². The molecule has 20 heavy (non-hydrogen) atoms. The van der Waals surface area contributed by atoms with Crippen LogP contribution in [0.1, 0.15) is 0 Å². The zero-order chi connectivity index (χ0) is 14.5. The Kier molecular flexibility index (Phi) is 4.36. The molecule has 8 heteroatoms. The Bertz CT molecular complexity index is 571. The minimum atomic E-state index is -0.513. The summed E-state index contributed by atoms with van der Waals surface area (Å²) in [5.74, 6) is -0.165. The zero-order valence-corrected chi connectivity index (χ0v) is 11.1. The van der Waals surface area contributed by atoms with Gasteiger partial charge in [0.05, 0.1) is 10.7 Å². The average molecular weight is 293 g/mol. The molecule has 0 unspecified atom stereocenters. The first-order valence-electron chi connectivity index (χ1n) is 5.68. The number of anilines is 1. The molecule has 1 aromatic rings. The Labute approximate surface area is 118 Å². The van der Waals surface area contributed by atoms with Crippen molar-refractivity contribution in [2.24, 2.45) is 0 Å². The van der Waals surface area contributed by atoms with Gasteiger partial charge in [-0.1, -0.05) is 0 Å². The first kappa shape index (κ1) is 14.1. The second-order valence-corrected chi connectivity index (χ2v) is 4.86. The van der Waals surface area contributed by atoms with Crippen LogP contribution in [0, 0.1) is 10.1 Å². The molecule has 104 valence electrons. The van der Waals surface area contributed by atoms with Crippen LogP contribution in [0.15, 0.2) is 35.9 Å². The van der Waals surface area contributed by atoms with Gasteiger partial charge in [-0.3, -0.25) is 19.7 Å². The number of nitrogens with one attached hydrogen (secondary N) is 1. The van der Waals surface area contributed by atoms with E-state index in [0.29, 0.717) is 11.4 Å². The van der Waals surface area contributed by atoms with Crippen LogP contribution in [-0.2, 0) is 9.59 Å². The lowest BCUT2D eigenvalue weighted by atomic mass is 10.3. The van der Waals surface area contributed by atoms with Crippen LogP contribution < -0.4 is 5.32 Å². The molecule has 7 nitrogen and oxygen atoms in total. The van der Waals surface area contributed by atoms with Gasteiger partial charge >= 0.3 is 0 Å². The van der Waals surface area contributed by atoms with E-state index in [1.165, 1.54) is 40.9 Å². The third-order valence-corrected chi connectivity index (χ3v) is 3.27. The zero-order valence-electron chi connectivity index (χ0n) is 10.3. The predicted molar refractivity (Wildman–Crippen MR) is 75.0 cm³/mol. The number of hydrogen-bond acceptors (Lipinski definition) is 5. The molecule has 1 heterocycles. The molecule has 1 aliphatic heterocycles. The number of non-ortho nitro benzene ring substituents is 1. The summed E-state index contributed by atoms with van der Waals surface area (Å²) in [6, 6.07) is 5.50. The fourth-order valence-corrected chi connectivity index (χ4v) is 2.20. The molecule has 0 saturated heterocycles. The van der Waals surface area contributed by atoms with Gasteiger partial charge in [0, 0.05) is 24.0 Å². The number of nitro benzene ring substituents is 1. The first-order valence-corrected chi connectivity index (χ1v) is 6.73. The second-order valence-electron chi connectivity index (χ2n) is 3.97. The van der Waals surface area contributed by atoms with Crippen LogP contribution in [0.4, 0.5) is 11.4 Å². The first-order chi connectivity index (χ1) is 9.56. The molecule has 2 amide bonds. The van der Waals surface area contributed by atoms with E-state index in [9.17, 15) is 19.7 Å². The van der Waals surface area contributed by atoms with Crippen LogP contribution in [0.2, 0.25) is 0 Å². The van der Waals surface area contributed by atoms with E-state index in [1.807, 2.05) is 0 Å². The largest absolute Gasteiger partial charge is 0.325 e. The molecule has 0 atom stereocenters. The second kappa shape index (κ2) is 6.20. The highest BCUT2D eigenvalue weighted by atomic mass is 32.2. The maximum atomic E-state index is 11.8. The lowest BCUT2D eigenvalue weighted by molar-refractivity contribution is -0.384. The molecule has 0 aromatic heterocycles. The van der Waals surface area contributed by atoms with Gasteiger partial charge in [0.15, 0.2) is 0 Å². The topological polar surface area (TPSA) is 92.6 Å². The Morgan fingerprint density at radius 3 is 2.70 bits per heavy atom. The minimum Gasteiger partial charge on any atom is -0.325 e. The number of hydrogen-bond donors (Lipinski definition) is 1. The quantitative estimate of drug-likeness (QED) is 0.672. The molecule has 0 bridgehead atoms. The van der Waals surface area contributed by atoms with E-state index >= 15 is 0 Å².